The van der Waals surface area contributed by atoms with Crippen molar-refractivity contribution in [3.63, 3.8) is 0 Å². The number of ether oxygens (including phenoxy) is 1. The van der Waals surface area contributed by atoms with Crippen LogP contribution in [0, 0.1) is 0 Å². The predicted octanol–water partition coefficient (Wildman–Crippen LogP) is 10.2. The zero-order valence-electron chi connectivity index (χ0n) is 25.9. The summed E-state index contributed by atoms with van der Waals surface area (Å²) in [6, 6.07) is 37.2. The van der Waals surface area contributed by atoms with Gasteiger partial charge in [0, 0.05) is 23.7 Å². The molecule has 0 saturated heterocycles. The van der Waals surface area contributed by atoms with Gasteiger partial charge in [0.15, 0.2) is 0 Å². The number of hydrogen-bond acceptors (Lipinski definition) is 3. The number of hydrogen-bond donors (Lipinski definition) is 3. The number of halogens is 5. The SMILES string of the molecule is O=C(Nc1cccc(OCCCNCC(Cc2cccc(C(F)(F)F)c2Cl)(c2ccccc2)c2ccccc2)c1)Nc1ccccc1Cl. The molecular formula is C38H34Cl2F3N3O2. The maximum atomic E-state index is 13.8. The van der Waals surface area contributed by atoms with E-state index in [1.165, 1.54) is 6.07 Å². The largest absolute Gasteiger partial charge is 0.493 e. The first-order chi connectivity index (χ1) is 23.2. The van der Waals surface area contributed by atoms with Gasteiger partial charge in [-0.25, -0.2) is 4.79 Å². The fourth-order valence-corrected chi connectivity index (χ4v) is 6.09. The molecule has 5 aromatic carbocycles. The van der Waals surface area contributed by atoms with Crippen LogP contribution in [-0.4, -0.2) is 25.7 Å². The molecule has 0 saturated carbocycles. The molecule has 0 bridgehead atoms. The second-order valence-corrected chi connectivity index (χ2v) is 12.0. The molecule has 0 atom stereocenters. The molecular weight excluding hydrogens is 658 g/mol. The number of rotatable bonds is 13. The number of nitrogens with one attached hydrogen (secondary N) is 3. The summed E-state index contributed by atoms with van der Waals surface area (Å²) >= 11 is 12.6. The third kappa shape index (κ3) is 8.89. The molecule has 248 valence electrons. The third-order valence-corrected chi connectivity index (χ3v) is 8.71. The highest BCUT2D eigenvalue weighted by Gasteiger charge is 2.38. The van der Waals surface area contributed by atoms with E-state index in [1.807, 2.05) is 60.7 Å². The minimum absolute atomic E-state index is 0.247. The van der Waals surface area contributed by atoms with Gasteiger partial charge in [0.05, 0.1) is 27.9 Å². The molecule has 0 fully saturated rings. The summed E-state index contributed by atoms with van der Waals surface area (Å²) in [5.41, 5.74) is 1.81. The Morgan fingerprint density at radius 3 is 2.04 bits per heavy atom. The van der Waals surface area contributed by atoms with Gasteiger partial charge >= 0.3 is 12.2 Å². The van der Waals surface area contributed by atoms with Gasteiger partial charge in [-0.15, -0.1) is 0 Å². The van der Waals surface area contributed by atoms with Gasteiger partial charge in [-0.3, -0.25) is 0 Å². The Bertz CT molecular complexity index is 1770. The fourth-order valence-electron chi connectivity index (χ4n) is 5.61. The lowest BCUT2D eigenvalue weighted by molar-refractivity contribution is -0.137. The van der Waals surface area contributed by atoms with Gasteiger partial charge in [-0.1, -0.05) is 114 Å². The van der Waals surface area contributed by atoms with E-state index in [0.29, 0.717) is 53.8 Å². The molecule has 5 aromatic rings. The van der Waals surface area contributed by atoms with Gasteiger partial charge in [-0.2, -0.15) is 13.2 Å². The topological polar surface area (TPSA) is 62.4 Å². The van der Waals surface area contributed by atoms with E-state index in [2.05, 4.69) is 16.0 Å². The van der Waals surface area contributed by atoms with Crippen molar-refractivity contribution in [1.82, 2.24) is 5.32 Å². The first-order valence-corrected chi connectivity index (χ1v) is 16.1. The first kappa shape index (κ1) is 34.8. The van der Waals surface area contributed by atoms with Crippen LogP contribution in [0.3, 0.4) is 0 Å². The number of carbonyl (C=O) groups is 1. The Labute approximate surface area is 288 Å². The van der Waals surface area contributed by atoms with Crippen molar-refractivity contribution >= 4 is 40.6 Å². The number of amides is 2. The zero-order valence-corrected chi connectivity index (χ0v) is 27.4. The molecule has 0 aliphatic rings. The maximum Gasteiger partial charge on any atom is 0.417 e. The summed E-state index contributed by atoms with van der Waals surface area (Å²) in [4.78, 5) is 12.5. The average Bonchev–Trinajstić information content (AvgIpc) is 3.08. The van der Waals surface area contributed by atoms with Crippen molar-refractivity contribution in [2.45, 2.75) is 24.4 Å². The van der Waals surface area contributed by atoms with Crippen molar-refractivity contribution in [3.05, 3.63) is 160 Å². The Hall–Kier alpha value is -4.50. The number of anilines is 2. The highest BCUT2D eigenvalue weighted by molar-refractivity contribution is 6.33. The molecule has 48 heavy (non-hydrogen) atoms. The van der Waals surface area contributed by atoms with E-state index in [1.54, 1.807) is 54.6 Å². The summed E-state index contributed by atoms with van der Waals surface area (Å²) in [6.45, 7) is 1.41. The lowest BCUT2D eigenvalue weighted by Crippen LogP contribution is -2.42. The minimum Gasteiger partial charge on any atom is -0.493 e. The van der Waals surface area contributed by atoms with Crippen LogP contribution in [0.15, 0.2) is 127 Å². The van der Waals surface area contributed by atoms with Gasteiger partial charge in [0.2, 0.25) is 0 Å². The predicted molar refractivity (Wildman–Crippen MR) is 187 cm³/mol. The fraction of sp³-hybridized carbons (Fsp3) is 0.184. The van der Waals surface area contributed by atoms with Crippen molar-refractivity contribution < 1.29 is 22.7 Å². The maximum absolute atomic E-state index is 13.8. The van der Waals surface area contributed by atoms with Crippen molar-refractivity contribution in [2.24, 2.45) is 0 Å². The molecule has 5 nitrogen and oxygen atoms in total. The van der Waals surface area contributed by atoms with Crippen LogP contribution in [0.25, 0.3) is 0 Å². The van der Waals surface area contributed by atoms with Crippen LogP contribution in [-0.2, 0) is 18.0 Å². The number of carbonyl (C=O) groups excluding carboxylic acids is 1. The zero-order chi connectivity index (χ0) is 34.0. The number of alkyl halides is 3. The molecule has 0 radical (unpaired) electrons. The molecule has 0 aromatic heterocycles. The molecule has 10 heteroatoms. The molecule has 0 aliphatic heterocycles. The van der Waals surface area contributed by atoms with Gasteiger partial charge in [0.25, 0.3) is 0 Å². The van der Waals surface area contributed by atoms with Gasteiger partial charge in [-0.05, 0) is 66.4 Å². The third-order valence-electron chi connectivity index (χ3n) is 7.94. The van der Waals surface area contributed by atoms with E-state index in [9.17, 15) is 18.0 Å². The van der Waals surface area contributed by atoms with E-state index in [-0.39, 0.29) is 11.4 Å². The second-order valence-electron chi connectivity index (χ2n) is 11.2. The number of urea groups is 1. The van der Waals surface area contributed by atoms with Crippen LogP contribution in [0.5, 0.6) is 5.75 Å². The highest BCUT2D eigenvalue weighted by Crippen LogP contribution is 2.41. The number of para-hydroxylation sites is 1. The molecule has 0 aliphatic carbocycles. The summed E-state index contributed by atoms with van der Waals surface area (Å²) < 4.78 is 47.3. The van der Waals surface area contributed by atoms with Gasteiger partial charge < -0.3 is 20.7 Å². The first-order valence-electron chi connectivity index (χ1n) is 15.4. The van der Waals surface area contributed by atoms with Crippen LogP contribution in [0.4, 0.5) is 29.3 Å². The smallest absolute Gasteiger partial charge is 0.417 e. The van der Waals surface area contributed by atoms with Crippen LogP contribution >= 0.6 is 23.2 Å². The summed E-state index contributed by atoms with van der Waals surface area (Å²) in [5.74, 6) is 0.590. The standard InChI is InChI=1S/C38H34Cl2F3N3O2/c39-33-20-7-8-21-34(33)46-36(47)45-30-17-10-18-31(24-30)48-23-11-22-44-26-37(28-13-3-1-4-14-28,29-15-5-2-6-16-29)25-27-12-9-19-32(35(27)40)38(41,42)43/h1-10,12-21,24,44H,11,22-23,25-26H2,(H2,45,46,47). The molecule has 2 amide bonds. The van der Waals surface area contributed by atoms with E-state index >= 15 is 0 Å². The highest BCUT2D eigenvalue weighted by atomic mass is 35.5. The molecule has 0 heterocycles. The van der Waals surface area contributed by atoms with Gasteiger partial charge in [0.1, 0.15) is 5.75 Å². The molecule has 5 rings (SSSR count). The van der Waals surface area contributed by atoms with E-state index in [4.69, 9.17) is 27.9 Å². The summed E-state index contributed by atoms with van der Waals surface area (Å²) in [7, 11) is 0. The lowest BCUT2D eigenvalue weighted by atomic mass is 9.70. The monoisotopic (exact) mass is 691 g/mol. The second kappa shape index (κ2) is 16.1. The Kier molecular flexibility index (Phi) is 11.7. The quantitative estimate of drug-likeness (QED) is 0.108. The lowest BCUT2D eigenvalue weighted by Gasteiger charge is -2.36. The van der Waals surface area contributed by atoms with Crippen LogP contribution < -0.4 is 20.7 Å². The van der Waals surface area contributed by atoms with E-state index < -0.39 is 23.2 Å². The van der Waals surface area contributed by atoms with Crippen molar-refractivity contribution in [2.75, 3.05) is 30.3 Å². The van der Waals surface area contributed by atoms with E-state index in [0.717, 1.165) is 17.2 Å². The summed E-state index contributed by atoms with van der Waals surface area (Å²) in [6.07, 6.45) is -3.67. The van der Waals surface area contributed by atoms with Crippen molar-refractivity contribution in [3.8, 4) is 5.75 Å². The Morgan fingerprint density at radius 1 is 0.729 bits per heavy atom. The summed E-state index contributed by atoms with van der Waals surface area (Å²) in [5, 5.41) is 9.18. The molecule has 0 spiro atoms. The van der Waals surface area contributed by atoms with Crippen LogP contribution in [0.1, 0.15) is 28.7 Å². The molecule has 0 unspecified atom stereocenters. The Morgan fingerprint density at radius 2 is 1.38 bits per heavy atom. The van der Waals surface area contributed by atoms with Crippen molar-refractivity contribution in [1.29, 1.82) is 0 Å². The minimum atomic E-state index is -4.56. The average molecular weight is 693 g/mol. The van der Waals surface area contributed by atoms with Crippen LogP contribution in [0.2, 0.25) is 10.0 Å². The number of benzene rings is 5. The normalized spacial score (nSPS) is 11.6. The molecule has 3 N–H and O–H groups in total. The Balaban J connectivity index is 1.25.